The van der Waals surface area contributed by atoms with Crippen molar-refractivity contribution < 1.29 is 4.39 Å². The van der Waals surface area contributed by atoms with Crippen molar-refractivity contribution in [3.63, 3.8) is 0 Å². The summed E-state index contributed by atoms with van der Waals surface area (Å²) in [5.41, 5.74) is 5.90. The van der Waals surface area contributed by atoms with Crippen molar-refractivity contribution in [1.29, 1.82) is 0 Å². The minimum Gasteiger partial charge on any atom is -0.328 e. The molecular formula is C15H19FN2. The average molecular weight is 246 g/mol. The lowest BCUT2D eigenvalue weighted by Crippen LogP contribution is -2.35. The lowest BCUT2D eigenvalue weighted by Gasteiger charge is -2.22. The van der Waals surface area contributed by atoms with E-state index in [0.29, 0.717) is 12.8 Å². The Morgan fingerprint density at radius 1 is 1.22 bits per heavy atom. The maximum absolute atomic E-state index is 14.4. The van der Waals surface area contributed by atoms with Crippen LogP contribution in [0, 0.1) is 0 Å². The quantitative estimate of drug-likeness (QED) is 0.879. The van der Waals surface area contributed by atoms with Gasteiger partial charge in [0, 0.05) is 24.0 Å². The molecule has 1 aromatic heterocycles. The van der Waals surface area contributed by atoms with E-state index >= 15 is 0 Å². The van der Waals surface area contributed by atoms with Crippen LogP contribution < -0.4 is 5.73 Å². The summed E-state index contributed by atoms with van der Waals surface area (Å²) in [4.78, 5) is 4.49. The van der Waals surface area contributed by atoms with E-state index in [-0.39, 0.29) is 6.54 Å². The lowest BCUT2D eigenvalue weighted by molar-refractivity contribution is 0.157. The summed E-state index contributed by atoms with van der Waals surface area (Å²) in [5.74, 6) is 0. The predicted octanol–water partition coefficient (Wildman–Crippen LogP) is 3.24. The molecule has 0 radical (unpaired) electrons. The molecule has 2 nitrogen and oxygen atoms in total. The molecular weight excluding hydrogens is 227 g/mol. The minimum atomic E-state index is -1.33. The molecule has 18 heavy (non-hydrogen) atoms. The second-order valence-corrected chi connectivity index (χ2v) is 4.78. The fourth-order valence-corrected chi connectivity index (χ4v) is 2.24. The Morgan fingerprint density at radius 3 is 2.72 bits per heavy atom. The van der Waals surface area contributed by atoms with Crippen molar-refractivity contribution >= 4 is 10.9 Å². The van der Waals surface area contributed by atoms with Crippen LogP contribution in [0.2, 0.25) is 0 Å². The molecule has 2 aromatic rings. The topological polar surface area (TPSA) is 38.9 Å². The van der Waals surface area contributed by atoms with Gasteiger partial charge in [-0.05, 0) is 18.6 Å². The van der Waals surface area contributed by atoms with E-state index in [4.69, 9.17) is 5.73 Å². The smallest absolute Gasteiger partial charge is 0.128 e. The van der Waals surface area contributed by atoms with Crippen molar-refractivity contribution in [3.8, 4) is 0 Å². The first-order valence-corrected chi connectivity index (χ1v) is 6.40. The highest BCUT2D eigenvalue weighted by Gasteiger charge is 2.27. The Kier molecular flexibility index (Phi) is 3.92. The van der Waals surface area contributed by atoms with Crippen LogP contribution in [0.1, 0.15) is 25.5 Å². The molecule has 0 aliphatic rings. The summed E-state index contributed by atoms with van der Waals surface area (Å²) in [6.45, 7) is 2.02. The van der Waals surface area contributed by atoms with Crippen LogP contribution >= 0.6 is 0 Å². The summed E-state index contributed by atoms with van der Waals surface area (Å²) < 4.78 is 14.4. The Bertz CT molecular complexity index is 527. The number of pyridine rings is 1. The van der Waals surface area contributed by atoms with E-state index in [9.17, 15) is 4.39 Å². The van der Waals surface area contributed by atoms with E-state index in [1.165, 1.54) is 0 Å². The van der Waals surface area contributed by atoms with Gasteiger partial charge in [0.25, 0.3) is 0 Å². The monoisotopic (exact) mass is 246 g/mol. The molecule has 0 aliphatic carbocycles. The number of rotatable bonds is 5. The predicted molar refractivity (Wildman–Crippen MR) is 73.2 cm³/mol. The van der Waals surface area contributed by atoms with Gasteiger partial charge in [-0.2, -0.15) is 0 Å². The van der Waals surface area contributed by atoms with Crippen molar-refractivity contribution in [3.05, 3.63) is 42.1 Å². The molecule has 1 atom stereocenters. The fraction of sp³-hybridized carbons (Fsp3) is 0.400. The highest BCUT2D eigenvalue weighted by molar-refractivity contribution is 5.78. The standard InChI is InChI=1S/C15H19FN2/c1-2-9-15(16,11-17)10-13-8-7-12-5-3-4-6-14(12)18-13/h3-8H,2,9-11,17H2,1H3. The minimum absolute atomic E-state index is 0.0509. The SMILES string of the molecule is CCCC(F)(CN)Cc1ccc2ccccc2n1. The fourth-order valence-electron chi connectivity index (χ4n) is 2.24. The molecule has 1 unspecified atom stereocenters. The van der Waals surface area contributed by atoms with E-state index in [0.717, 1.165) is 23.0 Å². The van der Waals surface area contributed by atoms with Crippen LogP contribution in [0.25, 0.3) is 10.9 Å². The zero-order chi connectivity index (χ0) is 13.0. The zero-order valence-electron chi connectivity index (χ0n) is 10.7. The third-order valence-corrected chi connectivity index (χ3v) is 3.22. The molecule has 2 rings (SSSR count). The van der Waals surface area contributed by atoms with Crippen molar-refractivity contribution in [1.82, 2.24) is 4.98 Å². The molecule has 0 aliphatic heterocycles. The molecule has 2 N–H and O–H groups in total. The van der Waals surface area contributed by atoms with Gasteiger partial charge in [0.05, 0.1) is 5.52 Å². The maximum atomic E-state index is 14.4. The molecule has 0 saturated heterocycles. The summed E-state index contributed by atoms with van der Waals surface area (Å²) >= 11 is 0. The van der Waals surface area contributed by atoms with Crippen molar-refractivity contribution in [2.75, 3.05) is 6.54 Å². The first-order chi connectivity index (χ1) is 8.67. The average Bonchev–Trinajstić information content (AvgIpc) is 2.39. The van der Waals surface area contributed by atoms with Crippen molar-refractivity contribution in [2.24, 2.45) is 5.73 Å². The summed E-state index contributed by atoms with van der Waals surface area (Å²) in [6, 6.07) is 11.7. The summed E-state index contributed by atoms with van der Waals surface area (Å²) in [7, 11) is 0. The highest BCUT2D eigenvalue weighted by Crippen LogP contribution is 2.23. The molecule has 0 spiro atoms. The Balaban J connectivity index is 2.26. The number of alkyl halides is 1. The lowest BCUT2D eigenvalue weighted by atomic mass is 9.94. The number of aromatic nitrogens is 1. The van der Waals surface area contributed by atoms with Crippen LogP contribution in [0.3, 0.4) is 0 Å². The number of nitrogens with zero attached hydrogens (tertiary/aromatic N) is 1. The van der Waals surface area contributed by atoms with Gasteiger partial charge in [0.15, 0.2) is 0 Å². The van der Waals surface area contributed by atoms with E-state index in [1.54, 1.807) is 0 Å². The third kappa shape index (κ3) is 2.85. The molecule has 0 fully saturated rings. The summed E-state index contributed by atoms with van der Waals surface area (Å²) in [6.07, 6.45) is 1.57. The number of benzene rings is 1. The zero-order valence-corrected chi connectivity index (χ0v) is 10.7. The van der Waals surface area contributed by atoms with Crippen LogP contribution in [-0.4, -0.2) is 17.2 Å². The highest BCUT2D eigenvalue weighted by atomic mass is 19.1. The van der Waals surface area contributed by atoms with Gasteiger partial charge in [-0.1, -0.05) is 37.6 Å². The van der Waals surface area contributed by atoms with Gasteiger partial charge in [0.2, 0.25) is 0 Å². The first-order valence-electron chi connectivity index (χ1n) is 6.40. The number of halogens is 1. The molecule has 0 amide bonds. The van der Waals surface area contributed by atoms with Gasteiger partial charge in [-0.3, -0.25) is 4.98 Å². The maximum Gasteiger partial charge on any atom is 0.128 e. The van der Waals surface area contributed by atoms with Crippen LogP contribution in [-0.2, 0) is 6.42 Å². The van der Waals surface area contributed by atoms with Gasteiger partial charge < -0.3 is 5.73 Å². The Labute approximate surface area is 107 Å². The largest absolute Gasteiger partial charge is 0.328 e. The molecule has 0 saturated carbocycles. The molecule has 1 aromatic carbocycles. The van der Waals surface area contributed by atoms with Gasteiger partial charge in [-0.25, -0.2) is 4.39 Å². The Morgan fingerprint density at radius 2 is 2.00 bits per heavy atom. The normalized spacial score (nSPS) is 14.6. The van der Waals surface area contributed by atoms with Gasteiger partial charge >= 0.3 is 0 Å². The Hall–Kier alpha value is -1.48. The van der Waals surface area contributed by atoms with Crippen LogP contribution in [0.5, 0.6) is 0 Å². The number of hydrogen-bond acceptors (Lipinski definition) is 2. The number of hydrogen-bond donors (Lipinski definition) is 1. The first kappa shape index (κ1) is 13.0. The second-order valence-electron chi connectivity index (χ2n) is 4.78. The molecule has 3 heteroatoms. The third-order valence-electron chi connectivity index (χ3n) is 3.22. The summed E-state index contributed by atoms with van der Waals surface area (Å²) in [5, 5.41) is 1.08. The molecule has 96 valence electrons. The molecule has 1 heterocycles. The van der Waals surface area contributed by atoms with Crippen LogP contribution in [0.15, 0.2) is 36.4 Å². The van der Waals surface area contributed by atoms with Gasteiger partial charge in [0.1, 0.15) is 5.67 Å². The van der Waals surface area contributed by atoms with E-state index in [1.807, 2.05) is 43.3 Å². The van der Waals surface area contributed by atoms with E-state index < -0.39 is 5.67 Å². The molecule has 0 bridgehead atoms. The number of para-hydroxylation sites is 1. The second kappa shape index (κ2) is 5.44. The number of nitrogens with two attached hydrogens (primary N) is 1. The van der Waals surface area contributed by atoms with Gasteiger partial charge in [-0.15, -0.1) is 0 Å². The number of fused-ring (bicyclic) bond motifs is 1. The van der Waals surface area contributed by atoms with Crippen molar-refractivity contribution in [2.45, 2.75) is 31.9 Å². The van der Waals surface area contributed by atoms with E-state index in [2.05, 4.69) is 4.98 Å². The van der Waals surface area contributed by atoms with Crippen LogP contribution in [0.4, 0.5) is 4.39 Å².